The van der Waals surface area contributed by atoms with Crippen LogP contribution in [0.5, 0.6) is 0 Å². The molecule has 2 N–H and O–H groups in total. The summed E-state index contributed by atoms with van der Waals surface area (Å²) in [5.41, 5.74) is 5.33. The van der Waals surface area contributed by atoms with Crippen LogP contribution in [0.25, 0.3) is 0 Å². The SMILES string of the molecule is NCCOCCOCCOCCOCCOCCOCCOCCOCCOCCOCCOCCOCCOS(=O)(=O)c1ccccc1. The van der Waals surface area contributed by atoms with E-state index in [1.807, 2.05) is 0 Å². The molecule has 0 spiro atoms. The van der Waals surface area contributed by atoms with Crippen molar-refractivity contribution in [1.29, 1.82) is 0 Å². The molecule has 0 unspecified atom stereocenters. The molecule has 0 bridgehead atoms. The quantitative estimate of drug-likeness (QED) is 0.0730. The molecule has 0 saturated carbocycles. The van der Waals surface area contributed by atoms with Gasteiger partial charge in [-0.2, -0.15) is 8.42 Å². The van der Waals surface area contributed by atoms with Crippen molar-refractivity contribution < 1.29 is 69.4 Å². The Morgan fingerprint density at radius 3 is 0.816 bits per heavy atom. The highest BCUT2D eigenvalue weighted by Gasteiger charge is 2.13. The normalized spacial score (nSPS) is 11.9. The van der Waals surface area contributed by atoms with Crippen molar-refractivity contribution in [3.63, 3.8) is 0 Å². The summed E-state index contributed by atoms with van der Waals surface area (Å²) in [7, 11) is -3.76. The highest BCUT2D eigenvalue weighted by molar-refractivity contribution is 7.86. The maximum atomic E-state index is 12.0. The van der Waals surface area contributed by atoms with Crippen LogP contribution in [-0.2, 0) is 71.1 Å². The Labute approximate surface area is 292 Å². The summed E-state index contributed by atoms with van der Waals surface area (Å²) in [5.74, 6) is 0. The van der Waals surface area contributed by atoms with Crippen LogP contribution in [-0.4, -0.2) is 180 Å². The molecule has 1 aromatic carbocycles. The van der Waals surface area contributed by atoms with Crippen LogP contribution in [0.15, 0.2) is 35.2 Å². The van der Waals surface area contributed by atoms with Crippen molar-refractivity contribution >= 4 is 10.1 Å². The van der Waals surface area contributed by atoms with Crippen molar-refractivity contribution in [1.82, 2.24) is 0 Å². The van der Waals surface area contributed by atoms with Gasteiger partial charge in [-0.15, -0.1) is 0 Å². The molecular formula is C32H59NO15S. The lowest BCUT2D eigenvalue weighted by atomic mass is 10.4. The van der Waals surface area contributed by atoms with Crippen LogP contribution < -0.4 is 5.73 Å². The first kappa shape index (κ1) is 45.6. The van der Waals surface area contributed by atoms with E-state index in [4.69, 9.17) is 66.8 Å². The zero-order chi connectivity index (χ0) is 35.2. The smallest absolute Gasteiger partial charge is 0.297 e. The Hall–Kier alpha value is -1.39. The second kappa shape index (κ2) is 36.4. The van der Waals surface area contributed by atoms with Crippen molar-refractivity contribution in [3.05, 3.63) is 30.3 Å². The molecule has 0 radical (unpaired) electrons. The third-order valence-corrected chi connectivity index (χ3v) is 7.18. The lowest BCUT2D eigenvalue weighted by Gasteiger charge is -2.09. The molecule has 1 aromatic rings. The highest BCUT2D eigenvalue weighted by atomic mass is 32.2. The van der Waals surface area contributed by atoms with Crippen molar-refractivity contribution in [3.8, 4) is 0 Å². The maximum Gasteiger partial charge on any atom is 0.297 e. The van der Waals surface area contributed by atoms with Gasteiger partial charge in [-0.25, -0.2) is 0 Å². The summed E-state index contributed by atoms with van der Waals surface area (Å²) < 4.78 is 93.8. The Kier molecular flexibility index (Phi) is 33.9. The minimum absolute atomic E-state index is 0.0605. The fourth-order valence-electron chi connectivity index (χ4n) is 3.46. The lowest BCUT2D eigenvalue weighted by molar-refractivity contribution is -0.0284. The van der Waals surface area contributed by atoms with Crippen molar-refractivity contribution in [2.24, 2.45) is 5.73 Å². The Bertz CT molecular complexity index is 902. The Morgan fingerprint density at radius 1 is 0.347 bits per heavy atom. The van der Waals surface area contributed by atoms with Gasteiger partial charge in [0.2, 0.25) is 0 Å². The topological polar surface area (TPSA) is 180 Å². The van der Waals surface area contributed by atoms with Gasteiger partial charge in [0.15, 0.2) is 0 Å². The number of rotatable bonds is 40. The first-order valence-corrected chi connectivity index (χ1v) is 18.1. The zero-order valence-corrected chi connectivity index (χ0v) is 29.7. The molecule has 0 atom stereocenters. The standard InChI is InChI=1S/C32H59NO15S/c33-6-7-36-8-9-37-10-11-38-12-13-39-14-15-40-16-17-41-18-19-42-20-21-43-22-23-44-24-25-45-26-27-46-28-29-47-30-31-48-49(34,35)32-4-2-1-3-5-32/h1-5H,6-31,33H2. The molecule has 1 rings (SSSR count). The fourth-order valence-corrected chi connectivity index (χ4v) is 4.38. The summed E-state index contributed by atoms with van der Waals surface area (Å²) in [6.45, 7) is 11.6. The maximum absolute atomic E-state index is 12.0. The summed E-state index contributed by atoms with van der Waals surface area (Å²) in [4.78, 5) is 0.119. The molecule has 0 fully saturated rings. The van der Waals surface area contributed by atoms with Gasteiger partial charge in [0, 0.05) is 6.54 Å². The van der Waals surface area contributed by atoms with Crippen LogP contribution in [0.1, 0.15) is 0 Å². The molecule has 16 nitrogen and oxygen atoms in total. The molecule has 17 heteroatoms. The Morgan fingerprint density at radius 2 is 0.571 bits per heavy atom. The monoisotopic (exact) mass is 729 g/mol. The van der Waals surface area contributed by atoms with E-state index in [-0.39, 0.29) is 18.1 Å². The number of hydrogen-bond acceptors (Lipinski definition) is 16. The fraction of sp³-hybridized carbons (Fsp3) is 0.812. The van der Waals surface area contributed by atoms with Crippen molar-refractivity contribution in [2.75, 3.05) is 172 Å². The Balaban J connectivity index is 1.65. The molecule has 0 amide bonds. The van der Waals surface area contributed by atoms with E-state index in [2.05, 4.69) is 0 Å². The van der Waals surface area contributed by atoms with Gasteiger partial charge >= 0.3 is 0 Å². The summed E-state index contributed by atoms with van der Waals surface area (Å²) >= 11 is 0. The van der Waals surface area contributed by atoms with Gasteiger partial charge in [-0.05, 0) is 12.1 Å². The number of ether oxygens (including phenoxy) is 12. The van der Waals surface area contributed by atoms with Gasteiger partial charge in [0.1, 0.15) is 0 Å². The minimum Gasteiger partial charge on any atom is -0.378 e. The predicted octanol–water partition coefficient (Wildman–Crippen LogP) is 0.550. The lowest BCUT2D eigenvalue weighted by Crippen LogP contribution is -2.16. The molecule has 288 valence electrons. The van der Waals surface area contributed by atoms with E-state index < -0.39 is 10.1 Å². The average molecular weight is 730 g/mol. The van der Waals surface area contributed by atoms with Crippen molar-refractivity contribution in [2.45, 2.75) is 4.90 Å². The van der Waals surface area contributed by atoms with Gasteiger partial charge in [-0.1, -0.05) is 18.2 Å². The van der Waals surface area contributed by atoms with Gasteiger partial charge in [0.25, 0.3) is 10.1 Å². The molecule has 49 heavy (non-hydrogen) atoms. The first-order chi connectivity index (χ1) is 24.2. The van der Waals surface area contributed by atoms with Crippen LogP contribution in [0, 0.1) is 0 Å². The third kappa shape index (κ3) is 32.3. The van der Waals surface area contributed by atoms with E-state index in [1.54, 1.807) is 18.2 Å². The van der Waals surface area contributed by atoms with Gasteiger partial charge in [-0.3, -0.25) is 4.18 Å². The predicted molar refractivity (Wildman–Crippen MR) is 178 cm³/mol. The highest BCUT2D eigenvalue weighted by Crippen LogP contribution is 2.10. The summed E-state index contributed by atoms with van der Waals surface area (Å²) in [5, 5.41) is 0. The van der Waals surface area contributed by atoms with E-state index in [0.717, 1.165) is 0 Å². The van der Waals surface area contributed by atoms with E-state index in [0.29, 0.717) is 159 Å². The third-order valence-electron chi connectivity index (χ3n) is 5.85. The van der Waals surface area contributed by atoms with E-state index >= 15 is 0 Å². The molecule has 0 aliphatic carbocycles. The molecule has 0 aliphatic rings. The number of hydrogen-bond donors (Lipinski definition) is 1. The average Bonchev–Trinajstić information content (AvgIpc) is 3.11. The zero-order valence-electron chi connectivity index (χ0n) is 28.9. The van der Waals surface area contributed by atoms with E-state index in [1.165, 1.54) is 12.1 Å². The summed E-state index contributed by atoms with van der Waals surface area (Å²) in [6, 6.07) is 7.97. The van der Waals surface area contributed by atoms with Crippen LogP contribution in [0.3, 0.4) is 0 Å². The minimum atomic E-state index is -3.76. The van der Waals surface area contributed by atoms with Gasteiger partial charge in [0.05, 0.1) is 170 Å². The first-order valence-electron chi connectivity index (χ1n) is 16.7. The van der Waals surface area contributed by atoms with Crippen LogP contribution in [0.2, 0.25) is 0 Å². The molecule has 0 saturated heterocycles. The van der Waals surface area contributed by atoms with Crippen LogP contribution in [0.4, 0.5) is 0 Å². The summed E-state index contributed by atoms with van der Waals surface area (Å²) in [6.07, 6.45) is 0. The molecular weight excluding hydrogens is 670 g/mol. The molecule has 0 aromatic heterocycles. The largest absolute Gasteiger partial charge is 0.378 e. The van der Waals surface area contributed by atoms with Gasteiger partial charge < -0.3 is 62.6 Å². The molecule has 0 aliphatic heterocycles. The molecule has 0 heterocycles. The van der Waals surface area contributed by atoms with E-state index in [9.17, 15) is 8.42 Å². The number of benzene rings is 1. The van der Waals surface area contributed by atoms with Crippen LogP contribution >= 0.6 is 0 Å². The second-order valence-electron chi connectivity index (χ2n) is 9.73. The second-order valence-corrected chi connectivity index (χ2v) is 11.3. The number of nitrogens with two attached hydrogens (primary N) is 1.